The quantitative estimate of drug-likeness (QED) is 0.692. The van der Waals surface area contributed by atoms with E-state index < -0.39 is 5.60 Å². The van der Waals surface area contributed by atoms with Crippen molar-refractivity contribution in [2.24, 2.45) is 0 Å². The molecule has 1 aliphatic rings. The lowest BCUT2D eigenvalue weighted by Crippen LogP contribution is -2.30. The van der Waals surface area contributed by atoms with Crippen LogP contribution in [0.15, 0.2) is 42.7 Å². The molecule has 0 N–H and O–H groups in total. The Morgan fingerprint density at radius 1 is 1.35 bits per heavy atom. The predicted molar refractivity (Wildman–Crippen MR) is 88.0 cm³/mol. The Morgan fingerprint density at radius 3 is 3.04 bits per heavy atom. The molecule has 1 unspecified atom stereocenters. The average Bonchev–Trinajstić information content (AvgIpc) is 3.22. The standard InChI is InChI=1S/C17H16ClN3O2/c1-22-17(6-8-23-11-17)14-3-2-4-16(20-14)21-7-5-12-10-19-15(18)9-13(12)21/h2-5,7,9-10H,6,8,11H2,1H3. The molecule has 0 spiro atoms. The SMILES string of the molecule is COC1(c2cccc(-n3ccc4cnc(Cl)cc43)n2)CCOC1. The van der Waals surface area contributed by atoms with Gasteiger partial charge in [0.1, 0.15) is 16.6 Å². The molecule has 6 heteroatoms. The zero-order chi connectivity index (χ0) is 15.9. The van der Waals surface area contributed by atoms with E-state index in [0.29, 0.717) is 18.4 Å². The summed E-state index contributed by atoms with van der Waals surface area (Å²) in [4.78, 5) is 8.93. The first-order valence-electron chi connectivity index (χ1n) is 7.45. The van der Waals surface area contributed by atoms with Gasteiger partial charge >= 0.3 is 0 Å². The maximum Gasteiger partial charge on any atom is 0.137 e. The van der Waals surface area contributed by atoms with Crippen LogP contribution < -0.4 is 0 Å². The van der Waals surface area contributed by atoms with Crippen LogP contribution in [0.5, 0.6) is 0 Å². The molecule has 1 saturated heterocycles. The molecule has 3 aromatic heterocycles. The second-order valence-electron chi connectivity index (χ2n) is 5.63. The lowest BCUT2D eigenvalue weighted by Gasteiger charge is -2.25. The van der Waals surface area contributed by atoms with Crippen LogP contribution in [0.25, 0.3) is 16.7 Å². The van der Waals surface area contributed by atoms with Crippen LogP contribution in [-0.4, -0.2) is 34.9 Å². The number of rotatable bonds is 3. The summed E-state index contributed by atoms with van der Waals surface area (Å²) in [6, 6.07) is 9.79. The van der Waals surface area contributed by atoms with Crippen molar-refractivity contribution in [2.75, 3.05) is 20.3 Å². The zero-order valence-corrected chi connectivity index (χ0v) is 13.5. The molecule has 1 aliphatic heterocycles. The third-order valence-electron chi connectivity index (χ3n) is 4.37. The van der Waals surface area contributed by atoms with Gasteiger partial charge in [-0.05, 0) is 18.2 Å². The summed E-state index contributed by atoms with van der Waals surface area (Å²) in [6.07, 6.45) is 4.54. The van der Waals surface area contributed by atoms with Gasteiger partial charge in [-0.15, -0.1) is 0 Å². The number of fused-ring (bicyclic) bond motifs is 1. The smallest absolute Gasteiger partial charge is 0.137 e. The molecular weight excluding hydrogens is 314 g/mol. The van der Waals surface area contributed by atoms with E-state index in [1.807, 2.05) is 41.1 Å². The van der Waals surface area contributed by atoms with E-state index in [4.69, 9.17) is 26.1 Å². The van der Waals surface area contributed by atoms with E-state index in [1.165, 1.54) is 0 Å². The Labute approximate surface area is 138 Å². The van der Waals surface area contributed by atoms with Crippen molar-refractivity contribution >= 4 is 22.5 Å². The Morgan fingerprint density at radius 2 is 2.26 bits per heavy atom. The molecule has 1 atom stereocenters. The van der Waals surface area contributed by atoms with Gasteiger partial charge in [0, 0.05) is 44.0 Å². The second kappa shape index (κ2) is 5.60. The van der Waals surface area contributed by atoms with Crippen LogP contribution in [-0.2, 0) is 15.1 Å². The first kappa shape index (κ1) is 14.6. The van der Waals surface area contributed by atoms with Crippen molar-refractivity contribution in [2.45, 2.75) is 12.0 Å². The highest BCUT2D eigenvalue weighted by Gasteiger charge is 2.38. The van der Waals surface area contributed by atoms with Crippen LogP contribution in [0.4, 0.5) is 0 Å². The minimum atomic E-state index is -0.460. The molecule has 0 aliphatic carbocycles. The number of hydrogen-bond acceptors (Lipinski definition) is 4. The molecule has 1 fully saturated rings. The van der Waals surface area contributed by atoms with Gasteiger partial charge < -0.3 is 14.0 Å². The summed E-state index contributed by atoms with van der Waals surface area (Å²) in [5.74, 6) is 0.822. The van der Waals surface area contributed by atoms with Crippen molar-refractivity contribution in [1.82, 2.24) is 14.5 Å². The fraction of sp³-hybridized carbons (Fsp3) is 0.294. The normalized spacial score (nSPS) is 21.1. The molecule has 0 bridgehead atoms. The van der Waals surface area contributed by atoms with Gasteiger partial charge in [-0.3, -0.25) is 0 Å². The van der Waals surface area contributed by atoms with Gasteiger partial charge in [0.25, 0.3) is 0 Å². The maximum atomic E-state index is 6.03. The molecule has 23 heavy (non-hydrogen) atoms. The molecule has 0 radical (unpaired) electrons. The number of hydrogen-bond donors (Lipinski definition) is 0. The Balaban J connectivity index is 1.83. The van der Waals surface area contributed by atoms with Crippen molar-refractivity contribution in [3.8, 4) is 5.82 Å². The average molecular weight is 330 g/mol. The van der Waals surface area contributed by atoms with Gasteiger partial charge in [-0.25, -0.2) is 9.97 Å². The van der Waals surface area contributed by atoms with Gasteiger partial charge in [-0.1, -0.05) is 17.7 Å². The second-order valence-corrected chi connectivity index (χ2v) is 6.02. The van der Waals surface area contributed by atoms with Crippen LogP contribution in [0, 0.1) is 0 Å². The van der Waals surface area contributed by atoms with Crippen molar-refractivity contribution in [3.63, 3.8) is 0 Å². The van der Waals surface area contributed by atoms with E-state index in [2.05, 4.69) is 4.98 Å². The number of aromatic nitrogens is 3. The lowest BCUT2D eigenvalue weighted by molar-refractivity contribution is -0.0246. The first-order chi connectivity index (χ1) is 11.2. The largest absolute Gasteiger partial charge is 0.378 e. The highest BCUT2D eigenvalue weighted by molar-refractivity contribution is 6.30. The summed E-state index contributed by atoms with van der Waals surface area (Å²) < 4.78 is 13.3. The highest BCUT2D eigenvalue weighted by Crippen LogP contribution is 2.33. The summed E-state index contributed by atoms with van der Waals surface area (Å²) in [6.45, 7) is 1.22. The molecule has 4 heterocycles. The van der Waals surface area contributed by atoms with E-state index in [1.54, 1.807) is 13.3 Å². The predicted octanol–water partition coefficient (Wildman–Crippen LogP) is 3.34. The summed E-state index contributed by atoms with van der Waals surface area (Å²) >= 11 is 6.03. The lowest BCUT2D eigenvalue weighted by atomic mass is 9.98. The minimum Gasteiger partial charge on any atom is -0.378 e. The molecule has 118 valence electrons. The third kappa shape index (κ3) is 2.41. The van der Waals surface area contributed by atoms with Gasteiger partial charge in [-0.2, -0.15) is 0 Å². The van der Waals surface area contributed by atoms with E-state index >= 15 is 0 Å². The van der Waals surface area contributed by atoms with Gasteiger partial charge in [0.05, 0.1) is 17.8 Å². The molecule has 5 nitrogen and oxygen atoms in total. The fourth-order valence-corrected chi connectivity index (χ4v) is 3.18. The fourth-order valence-electron chi connectivity index (χ4n) is 3.03. The van der Waals surface area contributed by atoms with Crippen LogP contribution in [0.3, 0.4) is 0 Å². The van der Waals surface area contributed by atoms with Gasteiger partial charge in [0.15, 0.2) is 0 Å². The van der Waals surface area contributed by atoms with E-state index in [9.17, 15) is 0 Å². The van der Waals surface area contributed by atoms with Crippen LogP contribution in [0.1, 0.15) is 12.1 Å². The van der Waals surface area contributed by atoms with E-state index in [0.717, 1.165) is 28.8 Å². The minimum absolute atomic E-state index is 0.460. The number of methoxy groups -OCH3 is 1. The van der Waals surface area contributed by atoms with Crippen molar-refractivity contribution in [3.05, 3.63) is 53.6 Å². The van der Waals surface area contributed by atoms with Crippen LogP contribution in [0.2, 0.25) is 5.15 Å². The van der Waals surface area contributed by atoms with Crippen molar-refractivity contribution < 1.29 is 9.47 Å². The highest BCUT2D eigenvalue weighted by atomic mass is 35.5. The maximum absolute atomic E-state index is 6.03. The summed E-state index contributed by atoms with van der Waals surface area (Å²) in [5, 5.41) is 1.48. The monoisotopic (exact) mass is 329 g/mol. The van der Waals surface area contributed by atoms with E-state index in [-0.39, 0.29) is 0 Å². The molecular formula is C17H16ClN3O2. The molecule has 4 rings (SSSR count). The molecule has 0 aromatic carbocycles. The Kier molecular flexibility index (Phi) is 3.56. The number of nitrogens with zero attached hydrogens (tertiary/aromatic N) is 3. The number of pyridine rings is 2. The van der Waals surface area contributed by atoms with Crippen molar-refractivity contribution in [1.29, 1.82) is 0 Å². The van der Waals surface area contributed by atoms with Crippen LogP contribution >= 0.6 is 11.6 Å². The summed E-state index contributed by atoms with van der Waals surface area (Å²) in [7, 11) is 1.71. The first-order valence-corrected chi connectivity index (χ1v) is 7.83. The zero-order valence-electron chi connectivity index (χ0n) is 12.7. The number of ether oxygens (including phenoxy) is 2. The summed E-state index contributed by atoms with van der Waals surface area (Å²) in [5.41, 5.74) is 1.40. The Bertz CT molecular complexity index is 856. The Hall–Kier alpha value is -1.95. The molecule has 0 saturated carbocycles. The van der Waals surface area contributed by atoms with Gasteiger partial charge in [0.2, 0.25) is 0 Å². The topological polar surface area (TPSA) is 49.2 Å². The molecule has 3 aromatic rings. The third-order valence-corrected chi connectivity index (χ3v) is 4.57. The number of halogens is 1. The molecule has 0 amide bonds.